The molecule has 0 unspecified atom stereocenters. The van der Waals surface area contributed by atoms with Crippen LogP contribution in [0.5, 0.6) is 0 Å². The van der Waals surface area contributed by atoms with Gasteiger partial charge in [-0.3, -0.25) is 4.79 Å². The molecule has 0 aliphatic rings. The molecule has 3 aromatic rings. The molecule has 25 heavy (non-hydrogen) atoms. The molecule has 0 saturated heterocycles. The Balaban J connectivity index is 1.76. The fourth-order valence-electron chi connectivity index (χ4n) is 2.18. The zero-order valence-electron chi connectivity index (χ0n) is 13.0. The van der Waals surface area contributed by atoms with Crippen molar-refractivity contribution in [3.8, 4) is 0 Å². The number of sulfone groups is 1. The zero-order valence-corrected chi connectivity index (χ0v) is 15.4. The number of nitrogens with two attached hydrogens (primary N) is 1. The van der Waals surface area contributed by atoms with E-state index in [1.165, 1.54) is 12.1 Å². The second kappa shape index (κ2) is 6.58. The Labute approximate surface area is 152 Å². The molecular weight excluding hydrogens is 384 g/mol. The molecule has 0 fully saturated rings. The summed E-state index contributed by atoms with van der Waals surface area (Å²) in [5, 5.41) is 11.2. The Kier molecular flexibility index (Phi) is 4.63. The van der Waals surface area contributed by atoms with Crippen molar-refractivity contribution in [1.29, 1.82) is 0 Å². The zero-order chi connectivity index (χ0) is 18.2. The summed E-state index contributed by atoms with van der Waals surface area (Å²) in [7, 11) is -3.24. The van der Waals surface area contributed by atoms with Gasteiger partial charge < -0.3 is 11.1 Å². The molecule has 1 aromatic carbocycles. The van der Waals surface area contributed by atoms with Crippen molar-refractivity contribution in [1.82, 2.24) is 15.5 Å². The number of nitrogens with one attached hydrogen (secondary N) is 1. The smallest absolute Gasteiger partial charge is 0.263 e. The molecule has 130 valence electrons. The number of hydrogen-bond acceptors (Lipinski definition) is 7. The number of rotatable bonds is 4. The van der Waals surface area contributed by atoms with E-state index in [-0.39, 0.29) is 22.5 Å². The maximum atomic E-state index is 12.4. The first-order valence-electron chi connectivity index (χ1n) is 7.04. The number of anilines is 1. The normalized spacial score (nSPS) is 11.6. The largest absolute Gasteiger partial charge is 0.397 e. The van der Waals surface area contributed by atoms with E-state index in [0.717, 1.165) is 23.2 Å². The number of nitrogens with zero attached hydrogens (tertiary/aromatic N) is 2. The highest BCUT2D eigenvalue weighted by Gasteiger charge is 2.18. The summed E-state index contributed by atoms with van der Waals surface area (Å²) in [5.41, 5.74) is 7.08. The molecule has 0 saturated carbocycles. The molecule has 3 N–H and O–H groups in total. The van der Waals surface area contributed by atoms with Gasteiger partial charge in [-0.15, -0.1) is 21.5 Å². The van der Waals surface area contributed by atoms with Gasteiger partial charge in [-0.1, -0.05) is 23.7 Å². The van der Waals surface area contributed by atoms with Gasteiger partial charge in [0, 0.05) is 18.2 Å². The summed E-state index contributed by atoms with van der Waals surface area (Å²) < 4.78 is 22.9. The molecule has 10 heteroatoms. The van der Waals surface area contributed by atoms with Gasteiger partial charge in [-0.25, -0.2) is 8.42 Å². The standard InChI is InChI=1S/C15H13ClN4O3S2/c1-25(22,23)9-4-2-8(3-5-9)7-18-14(21)13-12(17)10-6-11(16)19-20-15(10)24-13/h2-6H,7,17H2,1H3,(H,18,21). The predicted octanol–water partition coefficient (Wildman–Crippen LogP) is 2.26. The van der Waals surface area contributed by atoms with E-state index in [1.807, 2.05) is 0 Å². The molecular formula is C15H13ClN4O3S2. The van der Waals surface area contributed by atoms with Gasteiger partial charge in [-0.05, 0) is 23.8 Å². The van der Waals surface area contributed by atoms with Crippen LogP contribution in [0.1, 0.15) is 15.2 Å². The Morgan fingerprint density at radius 3 is 2.60 bits per heavy atom. The van der Waals surface area contributed by atoms with E-state index < -0.39 is 9.84 Å². The van der Waals surface area contributed by atoms with Crippen LogP contribution < -0.4 is 11.1 Å². The van der Waals surface area contributed by atoms with Crippen molar-refractivity contribution in [3.05, 3.63) is 45.9 Å². The molecule has 0 atom stereocenters. The maximum absolute atomic E-state index is 12.4. The quantitative estimate of drug-likeness (QED) is 0.698. The molecule has 0 bridgehead atoms. The third-order valence-corrected chi connectivity index (χ3v) is 5.89. The minimum Gasteiger partial charge on any atom is -0.397 e. The Morgan fingerprint density at radius 1 is 1.28 bits per heavy atom. The van der Waals surface area contributed by atoms with Gasteiger partial charge in [0.15, 0.2) is 15.0 Å². The number of hydrogen-bond donors (Lipinski definition) is 2. The van der Waals surface area contributed by atoms with Crippen LogP contribution in [0.15, 0.2) is 35.2 Å². The van der Waals surface area contributed by atoms with Crippen molar-refractivity contribution < 1.29 is 13.2 Å². The number of carbonyl (C=O) groups is 1. The van der Waals surface area contributed by atoms with Crippen molar-refractivity contribution in [2.75, 3.05) is 12.0 Å². The van der Waals surface area contributed by atoms with E-state index in [9.17, 15) is 13.2 Å². The number of halogens is 1. The van der Waals surface area contributed by atoms with Gasteiger partial charge in [0.1, 0.15) is 9.71 Å². The fourth-order valence-corrected chi connectivity index (χ4v) is 3.90. The summed E-state index contributed by atoms with van der Waals surface area (Å²) in [6, 6.07) is 7.87. The number of carbonyl (C=O) groups excluding carboxylic acids is 1. The topological polar surface area (TPSA) is 115 Å². The molecule has 0 aliphatic heterocycles. The number of nitrogen functional groups attached to an aromatic ring is 1. The van der Waals surface area contributed by atoms with Crippen molar-refractivity contribution in [2.45, 2.75) is 11.4 Å². The first kappa shape index (κ1) is 17.6. The van der Waals surface area contributed by atoms with Crippen LogP contribution in [0.25, 0.3) is 10.2 Å². The van der Waals surface area contributed by atoms with E-state index >= 15 is 0 Å². The van der Waals surface area contributed by atoms with Crippen LogP contribution in [-0.4, -0.2) is 30.8 Å². The van der Waals surface area contributed by atoms with E-state index in [2.05, 4.69) is 15.5 Å². The van der Waals surface area contributed by atoms with Crippen molar-refractivity contribution in [2.24, 2.45) is 0 Å². The molecule has 0 radical (unpaired) electrons. The number of thiophene rings is 1. The Bertz CT molecular complexity index is 1060. The summed E-state index contributed by atoms with van der Waals surface area (Å²) in [6.45, 7) is 0.239. The average molecular weight is 397 g/mol. The van der Waals surface area contributed by atoms with Crippen LogP contribution in [-0.2, 0) is 16.4 Å². The SMILES string of the molecule is CS(=O)(=O)c1ccc(CNC(=O)c2sc3nnc(Cl)cc3c2N)cc1. The third-order valence-electron chi connectivity index (χ3n) is 3.47. The van der Waals surface area contributed by atoms with Gasteiger partial charge in [0.2, 0.25) is 0 Å². The highest BCUT2D eigenvalue weighted by Crippen LogP contribution is 2.32. The molecule has 0 spiro atoms. The molecule has 7 nitrogen and oxygen atoms in total. The molecule has 0 aliphatic carbocycles. The van der Waals surface area contributed by atoms with Gasteiger partial charge in [-0.2, -0.15) is 0 Å². The number of fused-ring (bicyclic) bond motifs is 1. The van der Waals surface area contributed by atoms with E-state index in [0.29, 0.717) is 20.8 Å². The average Bonchev–Trinajstić information content (AvgIpc) is 2.89. The fraction of sp³-hybridized carbons (Fsp3) is 0.133. The second-order valence-electron chi connectivity index (χ2n) is 5.33. The second-order valence-corrected chi connectivity index (χ2v) is 8.73. The minimum atomic E-state index is -3.24. The summed E-state index contributed by atoms with van der Waals surface area (Å²) in [6.07, 6.45) is 1.14. The molecule has 2 heterocycles. The first-order valence-corrected chi connectivity index (χ1v) is 10.1. The molecule has 2 aromatic heterocycles. The van der Waals surface area contributed by atoms with Crippen LogP contribution >= 0.6 is 22.9 Å². The van der Waals surface area contributed by atoms with Gasteiger partial charge >= 0.3 is 0 Å². The Hall–Kier alpha value is -2.23. The van der Waals surface area contributed by atoms with Crippen molar-refractivity contribution in [3.63, 3.8) is 0 Å². The third kappa shape index (κ3) is 3.73. The Morgan fingerprint density at radius 2 is 1.96 bits per heavy atom. The van der Waals surface area contributed by atoms with Crippen LogP contribution in [0.3, 0.4) is 0 Å². The lowest BCUT2D eigenvalue weighted by Gasteiger charge is -2.05. The molecule has 1 amide bonds. The minimum absolute atomic E-state index is 0.204. The van der Waals surface area contributed by atoms with Crippen molar-refractivity contribution >= 4 is 54.6 Å². The summed E-state index contributed by atoms with van der Waals surface area (Å²) >= 11 is 6.93. The lowest BCUT2D eigenvalue weighted by Crippen LogP contribution is -2.22. The summed E-state index contributed by atoms with van der Waals surface area (Å²) in [4.78, 5) is 13.5. The predicted molar refractivity (Wildman–Crippen MR) is 97.6 cm³/mol. The number of benzene rings is 1. The number of amides is 1. The van der Waals surface area contributed by atoms with Crippen LogP contribution in [0.2, 0.25) is 5.15 Å². The molecule has 3 rings (SSSR count). The highest BCUT2D eigenvalue weighted by molar-refractivity contribution is 7.90. The summed E-state index contributed by atoms with van der Waals surface area (Å²) in [5.74, 6) is -0.344. The number of aromatic nitrogens is 2. The van der Waals surface area contributed by atoms with E-state index in [1.54, 1.807) is 18.2 Å². The maximum Gasteiger partial charge on any atom is 0.263 e. The lowest BCUT2D eigenvalue weighted by atomic mass is 10.2. The first-order chi connectivity index (χ1) is 11.8. The van der Waals surface area contributed by atoms with Gasteiger partial charge in [0.25, 0.3) is 5.91 Å². The lowest BCUT2D eigenvalue weighted by molar-refractivity contribution is 0.0956. The highest BCUT2D eigenvalue weighted by atomic mass is 35.5. The van der Waals surface area contributed by atoms with Crippen LogP contribution in [0.4, 0.5) is 5.69 Å². The van der Waals surface area contributed by atoms with Gasteiger partial charge in [0.05, 0.1) is 10.6 Å². The monoisotopic (exact) mass is 396 g/mol. The van der Waals surface area contributed by atoms with E-state index in [4.69, 9.17) is 17.3 Å². The van der Waals surface area contributed by atoms with Crippen LogP contribution in [0, 0.1) is 0 Å².